The van der Waals surface area contributed by atoms with Gasteiger partial charge in [0.15, 0.2) is 0 Å². The van der Waals surface area contributed by atoms with Gasteiger partial charge in [-0.05, 0) is 5.41 Å². The van der Waals surface area contributed by atoms with E-state index in [0.29, 0.717) is 11.8 Å². The van der Waals surface area contributed by atoms with Crippen molar-refractivity contribution >= 4 is 0 Å². The monoisotopic (exact) mass is 222 g/mol. The van der Waals surface area contributed by atoms with Gasteiger partial charge in [-0.2, -0.15) is 0 Å². The molecule has 0 aromatic carbocycles. The second kappa shape index (κ2) is 3.63. The molecule has 1 saturated carbocycles. The van der Waals surface area contributed by atoms with Crippen LogP contribution >= 0.6 is 0 Å². The average Bonchev–Trinajstić information content (AvgIpc) is 2.77. The lowest BCUT2D eigenvalue weighted by molar-refractivity contribution is 0.383. The van der Waals surface area contributed by atoms with E-state index in [-0.39, 0.29) is 11.5 Å². The molecule has 16 heavy (non-hydrogen) atoms. The fraction of sp³-hybridized carbons (Fsp3) is 0.583. The molecule has 0 spiro atoms. The highest BCUT2D eigenvalue weighted by Crippen LogP contribution is 2.59. The number of hydrogen-bond donors (Lipinski definition) is 1. The van der Waals surface area contributed by atoms with E-state index in [0.717, 1.165) is 11.3 Å². The highest BCUT2D eigenvalue weighted by molar-refractivity contribution is 5.45. The third-order valence-corrected chi connectivity index (χ3v) is 3.55. The van der Waals surface area contributed by atoms with Crippen LogP contribution in [-0.4, -0.2) is 25.2 Å². The van der Waals surface area contributed by atoms with Crippen molar-refractivity contribution in [2.75, 3.05) is 14.2 Å². The van der Waals surface area contributed by atoms with E-state index >= 15 is 0 Å². The molecule has 0 bridgehead atoms. The van der Waals surface area contributed by atoms with Gasteiger partial charge < -0.3 is 15.2 Å². The summed E-state index contributed by atoms with van der Waals surface area (Å²) in [5.41, 5.74) is 7.29. The van der Waals surface area contributed by atoms with Crippen molar-refractivity contribution in [3.8, 4) is 11.6 Å². The minimum Gasteiger partial charge on any atom is -0.495 e. The Bertz CT molecular complexity index is 404. The number of nitrogens with two attached hydrogens (primary N) is 1. The van der Waals surface area contributed by atoms with E-state index in [9.17, 15) is 0 Å². The highest BCUT2D eigenvalue weighted by Gasteiger charge is 2.57. The lowest BCUT2D eigenvalue weighted by Crippen LogP contribution is -2.06. The molecule has 88 valence electrons. The standard InChI is InChI=1S/C12H18N2O2/c1-12(2)10(11(12)13)7-5-9(16-4)14-6-8(7)15-3/h5-6,10-11H,13H2,1-4H3. The average molecular weight is 222 g/mol. The van der Waals surface area contributed by atoms with Gasteiger partial charge in [-0.1, -0.05) is 13.8 Å². The highest BCUT2D eigenvalue weighted by atomic mass is 16.5. The summed E-state index contributed by atoms with van der Waals surface area (Å²) in [7, 11) is 3.25. The number of aromatic nitrogens is 1. The summed E-state index contributed by atoms with van der Waals surface area (Å²) in [5.74, 6) is 1.71. The summed E-state index contributed by atoms with van der Waals surface area (Å²) in [6.07, 6.45) is 1.69. The van der Waals surface area contributed by atoms with Crippen LogP contribution in [0.15, 0.2) is 12.3 Å². The SMILES string of the molecule is COc1cc(C2C(N)C2(C)C)c(OC)cn1. The van der Waals surface area contributed by atoms with Gasteiger partial charge in [0.1, 0.15) is 5.75 Å². The Morgan fingerprint density at radius 3 is 2.38 bits per heavy atom. The van der Waals surface area contributed by atoms with Crippen LogP contribution in [0.5, 0.6) is 11.6 Å². The number of ether oxygens (including phenoxy) is 2. The summed E-state index contributed by atoms with van der Waals surface area (Å²) in [4.78, 5) is 4.12. The molecule has 1 aliphatic carbocycles. The van der Waals surface area contributed by atoms with Gasteiger partial charge in [-0.3, -0.25) is 0 Å². The zero-order chi connectivity index (χ0) is 11.9. The molecule has 2 unspecified atom stereocenters. The molecule has 1 heterocycles. The predicted molar refractivity (Wildman–Crippen MR) is 61.8 cm³/mol. The Labute approximate surface area is 95.8 Å². The molecule has 0 aliphatic heterocycles. The number of nitrogens with zero attached hydrogens (tertiary/aromatic N) is 1. The third kappa shape index (κ3) is 1.53. The lowest BCUT2D eigenvalue weighted by Gasteiger charge is -2.10. The molecule has 1 fully saturated rings. The van der Waals surface area contributed by atoms with Gasteiger partial charge in [-0.15, -0.1) is 0 Å². The van der Waals surface area contributed by atoms with Crippen LogP contribution < -0.4 is 15.2 Å². The maximum Gasteiger partial charge on any atom is 0.213 e. The first-order valence-corrected chi connectivity index (χ1v) is 5.36. The van der Waals surface area contributed by atoms with Crippen LogP contribution in [0.25, 0.3) is 0 Å². The molecule has 0 saturated heterocycles. The quantitative estimate of drug-likeness (QED) is 0.843. The molecule has 4 nitrogen and oxygen atoms in total. The summed E-state index contributed by atoms with van der Waals surface area (Å²) >= 11 is 0. The van der Waals surface area contributed by atoms with Crippen LogP contribution in [-0.2, 0) is 0 Å². The van der Waals surface area contributed by atoms with Crippen molar-refractivity contribution in [1.29, 1.82) is 0 Å². The zero-order valence-corrected chi connectivity index (χ0v) is 10.2. The third-order valence-electron chi connectivity index (χ3n) is 3.55. The minimum atomic E-state index is 0.125. The van der Waals surface area contributed by atoms with Crippen molar-refractivity contribution in [1.82, 2.24) is 4.98 Å². The van der Waals surface area contributed by atoms with E-state index < -0.39 is 0 Å². The topological polar surface area (TPSA) is 57.4 Å². The Balaban J connectivity index is 2.39. The molecule has 1 aromatic rings. The Morgan fingerprint density at radius 1 is 1.31 bits per heavy atom. The minimum absolute atomic E-state index is 0.125. The second-order valence-corrected chi connectivity index (χ2v) is 4.79. The first kappa shape index (κ1) is 11.2. The smallest absolute Gasteiger partial charge is 0.213 e. The van der Waals surface area contributed by atoms with Crippen molar-refractivity contribution in [2.24, 2.45) is 11.1 Å². The van der Waals surface area contributed by atoms with E-state index in [1.165, 1.54) is 0 Å². The normalized spacial score (nSPS) is 26.3. The van der Waals surface area contributed by atoms with Gasteiger partial charge >= 0.3 is 0 Å². The fourth-order valence-corrected chi connectivity index (χ4v) is 2.24. The van der Waals surface area contributed by atoms with Gasteiger partial charge in [0.2, 0.25) is 5.88 Å². The van der Waals surface area contributed by atoms with Gasteiger partial charge in [0.25, 0.3) is 0 Å². The maximum absolute atomic E-state index is 6.07. The number of hydrogen-bond acceptors (Lipinski definition) is 4. The first-order chi connectivity index (χ1) is 7.52. The molecular formula is C12H18N2O2. The van der Waals surface area contributed by atoms with Gasteiger partial charge in [-0.25, -0.2) is 4.98 Å². The van der Waals surface area contributed by atoms with E-state index in [2.05, 4.69) is 18.8 Å². The maximum atomic E-state index is 6.07. The van der Waals surface area contributed by atoms with Crippen molar-refractivity contribution < 1.29 is 9.47 Å². The Morgan fingerprint density at radius 2 is 1.94 bits per heavy atom. The van der Waals surface area contributed by atoms with Crippen molar-refractivity contribution in [3.05, 3.63) is 17.8 Å². The summed E-state index contributed by atoms with van der Waals surface area (Å²) in [5, 5.41) is 0. The molecule has 2 N–H and O–H groups in total. The molecule has 1 aromatic heterocycles. The van der Waals surface area contributed by atoms with Crippen LogP contribution in [0.3, 0.4) is 0 Å². The van der Waals surface area contributed by atoms with E-state index in [4.69, 9.17) is 15.2 Å². The summed E-state index contributed by atoms with van der Waals surface area (Å²) in [6, 6.07) is 2.09. The number of pyridine rings is 1. The molecule has 2 atom stereocenters. The van der Waals surface area contributed by atoms with Crippen LogP contribution in [0.2, 0.25) is 0 Å². The summed E-state index contributed by atoms with van der Waals surface area (Å²) < 4.78 is 10.4. The van der Waals surface area contributed by atoms with E-state index in [1.807, 2.05) is 6.07 Å². The van der Waals surface area contributed by atoms with Crippen molar-refractivity contribution in [3.63, 3.8) is 0 Å². The molecule has 0 amide bonds. The Kier molecular flexibility index (Phi) is 2.54. The Hall–Kier alpha value is -1.29. The largest absolute Gasteiger partial charge is 0.495 e. The molecular weight excluding hydrogens is 204 g/mol. The molecule has 0 radical (unpaired) electrons. The zero-order valence-electron chi connectivity index (χ0n) is 10.2. The molecule has 1 aliphatic rings. The van der Waals surface area contributed by atoms with Crippen LogP contribution in [0.1, 0.15) is 25.3 Å². The number of methoxy groups -OCH3 is 2. The fourth-order valence-electron chi connectivity index (χ4n) is 2.24. The van der Waals surface area contributed by atoms with Crippen LogP contribution in [0, 0.1) is 5.41 Å². The number of rotatable bonds is 3. The molecule has 2 rings (SSSR count). The summed E-state index contributed by atoms with van der Waals surface area (Å²) in [6.45, 7) is 4.32. The predicted octanol–water partition coefficient (Wildman–Crippen LogP) is 1.55. The molecule has 4 heteroatoms. The van der Waals surface area contributed by atoms with Gasteiger partial charge in [0, 0.05) is 23.6 Å². The van der Waals surface area contributed by atoms with E-state index in [1.54, 1.807) is 20.4 Å². The lowest BCUT2D eigenvalue weighted by atomic mass is 10.0. The van der Waals surface area contributed by atoms with Crippen molar-refractivity contribution in [2.45, 2.75) is 25.8 Å². The van der Waals surface area contributed by atoms with Crippen LogP contribution in [0.4, 0.5) is 0 Å². The first-order valence-electron chi connectivity index (χ1n) is 5.36. The van der Waals surface area contributed by atoms with Gasteiger partial charge in [0.05, 0.1) is 20.4 Å². The second-order valence-electron chi connectivity index (χ2n) is 4.79.